The van der Waals surface area contributed by atoms with Crippen LogP contribution in [0.2, 0.25) is 0 Å². The summed E-state index contributed by atoms with van der Waals surface area (Å²) in [6.07, 6.45) is -5.12. The number of carbonyl (C=O) groups excluding carboxylic acids is 1. The number of aromatic hydroxyl groups is 2. The molecule has 0 unspecified atom stereocenters. The SMILES string of the molecule is COc1cc(O)c(C(=O)/C=C/c2ccc(O)cc2)c(O[C@@H]2O[C@H](CO)[C@@H](O)[C@H](O)[C@H]2O)c1. The Hall–Kier alpha value is -3.15. The molecule has 10 nitrogen and oxygen atoms in total. The van der Waals surface area contributed by atoms with Crippen LogP contribution in [0.5, 0.6) is 23.0 Å². The summed E-state index contributed by atoms with van der Waals surface area (Å²) in [7, 11) is 1.33. The smallest absolute Gasteiger partial charge is 0.229 e. The molecule has 172 valence electrons. The molecule has 3 rings (SSSR count). The molecular weight excluding hydrogens is 424 g/mol. The van der Waals surface area contributed by atoms with Crippen LogP contribution in [0.25, 0.3) is 6.08 Å². The number of rotatable bonds is 7. The number of aliphatic hydroxyl groups is 4. The van der Waals surface area contributed by atoms with Crippen LogP contribution in [0.4, 0.5) is 0 Å². The predicted octanol–water partition coefficient (Wildman–Crippen LogP) is 0.181. The van der Waals surface area contributed by atoms with Crippen LogP contribution in [0.3, 0.4) is 0 Å². The van der Waals surface area contributed by atoms with Gasteiger partial charge in [0.05, 0.1) is 13.7 Å². The van der Waals surface area contributed by atoms with Crippen molar-refractivity contribution >= 4 is 11.9 Å². The molecule has 10 heteroatoms. The van der Waals surface area contributed by atoms with E-state index in [0.717, 1.165) is 0 Å². The first-order valence-electron chi connectivity index (χ1n) is 9.64. The summed E-state index contributed by atoms with van der Waals surface area (Å²) in [4.78, 5) is 12.8. The first kappa shape index (κ1) is 23.5. The Morgan fingerprint density at radius 3 is 2.38 bits per heavy atom. The molecule has 2 aromatic rings. The predicted molar refractivity (Wildman–Crippen MR) is 111 cm³/mol. The van der Waals surface area contributed by atoms with Gasteiger partial charge >= 0.3 is 0 Å². The van der Waals surface area contributed by atoms with Crippen LogP contribution in [-0.4, -0.2) is 80.8 Å². The van der Waals surface area contributed by atoms with Crippen molar-refractivity contribution in [1.29, 1.82) is 0 Å². The molecule has 6 N–H and O–H groups in total. The molecule has 2 aromatic carbocycles. The van der Waals surface area contributed by atoms with Gasteiger partial charge in [-0.05, 0) is 23.8 Å². The van der Waals surface area contributed by atoms with E-state index in [1.165, 1.54) is 43.5 Å². The number of methoxy groups -OCH3 is 1. The third kappa shape index (κ3) is 5.01. The lowest BCUT2D eigenvalue weighted by Gasteiger charge is -2.39. The highest BCUT2D eigenvalue weighted by atomic mass is 16.7. The Balaban J connectivity index is 1.92. The number of phenols is 2. The van der Waals surface area contributed by atoms with Gasteiger partial charge in [0.15, 0.2) is 5.78 Å². The molecule has 1 fully saturated rings. The van der Waals surface area contributed by atoms with Gasteiger partial charge in [0, 0.05) is 12.1 Å². The molecule has 1 saturated heterocycles. The van der Waals surface area contributed by atoms with Crippen molar-refractivity contribution in [2.45, 2.75) is 30.7 Å². The van der Waals surface area contributed by atoms with Crippen LogP contribution >= 0.6 is 0 Å². The van der Waals surface area contributed by atoms with Crippen molar-refractivity contribution in [2.24, 2.45) is 0 Å². The summed E-state index contributed by atoms with van der Waals surface area (Å²) < 4.78 is 16.0. The van der Waals surface area contributed by atoms with E-state index in [0.29, 0.717) is 5.56 Å². The van der Waals surface area contributed by atoms with Crippen LogP contribution in [-0.2, 0) is 4.74 Å². The third-order valence-electron chi connectivity index (χ3n) is 4.95. The monoisotopic (exact) mass is 448 g/mol. The van der Waals surface area contributed by atoms with Gasteiger partial charge in [-0.15, -0.1) is 0 Å². The van der Waals surface area contributed by atoms with Gasteiger partial charge in [0.1, 0.15) is 53.0 Å². The van der Waals surface area contributed by atoms with Gasteiger partial charge < -0.3 is 44.8 Å². The second-order valence-electron chi connectivity index (χ2n) is 7.12. The lowest BCUT2D eigenvalue weighted by atomic mass is 9.99. The number of phenolic OH excluding ortho intramolecular Hbond substituents is 2. The largest absolute Gasteiger partial charge is 0.508 e. The second-order valence-corrected chi connectivity index (χ2v) is 7.12. The quantitative estimate of drug-likeness (QED) is 0.254. The van der Waals surface area contributed by atoms with Gasteiger partial charge in [-0.1, -0.05) is 18.2 Å². The lowest BCUT2D eigenvalue weighted by Crippen LogP contribution is -2.60. The normalized spacial score (nSPS) is 25.6. The highest BCUT2D eigenvalue weighted by molar-refractivity contribution is 6.10. The van der Waals surface area contributed by atoms with Crippen molar-refractivity contribution in [2.75, 3.05) is 13.7 Å². The van der Waals surface area contributed by atoms with Gasteiger partial charge in [-0.3, -0.25) is 4.79 Å². The maximum atomic E-state index is 12.8. The zero-order valence-electron chi connectivity index (χ0n) is 17.0. The number of hydrogen-bond acceptors (Lipinski definition) is 10. The topological polar surface area (TPSA) is 166 Å². The van der Waals surface area contributed by atoms with E-state index in [4.69, 9.17) is 14.2 Å². The van der Waals surface area contributed by atoms with Crippen LogP contribution in [0, 0.1) is 0 Å². The molecule has 1 heterocycles. The number of allylic oxidation sites excluding steroid dienone is 1. The summed E-state index contributed by atoms with van der Waals surface area (Å²) in [5, 5.41) is 59.2. The maximum absolute atomic E-state index is 12.8. The lowest BCUT2D eigenvalue weighted by molar-refractivity contribution is -0.277. The van der Waals surface area contributed by atoms with Crippen LogP contribution in [0.15, 0.2) is 42.5 Å². The zero-order valence-corrected chi connectivity index (χ0v) is 17.0. The van der Waals surface area contributed by atoms with E-state index in [9.17, 15) is 35.4 Å². The van der Waals surface area contributed by atoms with E-state index in [1.807, 2.05) is 0 Å². The summed E-state index contributed by atoms with van der Waals surface area (Å²) in [5.74, 6) is -1.13. The molecule has 0 aliphatic carbocycles. The fourth-order valence-corrected chi connectivity index (χ4v) is 3.17. The minimum absolute atomic E-state index is 0.0662. The molecule has 1 aliphatic rings. The van der Waals surface area contributed by atoms with E-state index in [1.54, 1.807) is 12.1 Å². The van der Waals surface area contributed by atoms with Crippen molar-refractivity contribution in [3.8, 4) is 23.0 Å². The van der Waals surface area contributed by atoms with E-state index < -0.39 is 48.8 Å². The molecule has 0 radical (unpaired) electrons. The Kier molecular flexibility index (Phi) is 7.33. The molecular formula is C22H24O10. The number of ketones is 1. The molecule has 0 aromatic heterocycles. The summed E-state index contributed by atoms with van der Waals surface area (Å²) in [6.45, 7) is -0.657. The first-order valence-corrected chi connectivity index (χ1v) is 9.64. The zero-order chi connectivity index (χ0) is 23.4. The Morgan fingerprint density at radius 1 is 1.06 bits per heavy atom. The van der Waals surface area contributed by atoms with E-state index in [2.05, 4.69) is 0 Å². The Morgan fingerprint density at radius 2 is 1.75 bits per heavy atom. The van der Waals surface area contributed by atoms with E-state index in [-0.39, 0.29) is 22.8 Å². The number of carbonyl (C=O) groups is 1. The third-order valence-corrected chi connectivity index (χ3v) is 4.95. The molecule has 0 spiro atoms. The Labute approximate surface area is 183 Å². The summed E-state index contributed by atoms with van der Waals surface area (Å²) in [5.41, 5.74) is 0.346. The number of hydrogen-bond donors (Lipinski definition) is 6. The number of ether oxygens (including phenoxy) is 3. The number of aliphatic hydroxyl groups excluding tert-OH is 4. The van der Waals surface area contributed by atoms with Gasteiger partial charge in [-0.25, -0.2) is 0 Å². The molecule has 32 heavy (non-hydrogen) atoms. The van der Waals surface area contributed by atoms with Gasteiger partial charge in [-0.2, -0.15) is 0 Å². The Bertz CT molecular complexity index is 969. The van der Waals surface area contributed by atoms with Crippen molar-refractivity contribution in [3.05, 3.63) is 53.6 Å². The average Bonchev–Trinajstić information content (AvgIpc) is 2.78. The summed E-state index contributed by atoms with van der Waals surface area (Å²) in [6, 6.07) is 8.53. The highest BCUT2D eigenvalue weighted by Gasteiger charge is 2.45. The van der Waals surface area contributed by atoms with Crippen LogP contribution < -0.4 is 9.47 Å². The minimum Gasteiger partial charge on any atom is -0.508 e. The number of benzene rings is 2. The molecule has 0 amide bonds. The van der Waals surface area contributed by atoms with E-state index >= 15 is 0 Å². The van der Waals surface area contributed by atoms with Crippen molar-refractivity contribution < 1.29 is 49.6 Å². The maximum Gasteiger partial charge on any atom is 0.229 e. The van der Waals surface area contributed by atoms with Gasteiger partial charge in [0.25, 0.3) is 0 Å². The molecule has 0 saturated carbocycles. The van der Waals surface area contributed by atoms with Crippen LogP contribution in [0.1, 0.15) is 15.9 Å². The highest BCUT2D eigenvalue weighted by Crippen LogP contribution is 2.36. The minimum atomic E-state index is -1.71. The fraction of sp³-hybridized carbons (Fsp3) is 0.318. The second kappa shape index (κ2) is 9.98. The fourth-order valence-electron chi connectivity index (χ4n) is 3.17. The van der Waals surface area contributed by atoms with Gasteiger partial charge in [0.2, 0.25) is 6.29 Å². The molecule has 0 bridgehead atoms. The molecule has 1 aliphatic heterocycles. The molecule has 5 atom stereocenters. The van der Waals surface area contributed by atoms with Crippen molar-refractivity contribution in [1.82, 2.24) is 0 Å². The first-order chi connectivity index (χ1) is 15.2. The standard InChI is InChI=1S/C22H24O10/c1-30-13-8-15(26)18(14(25)7-4-11-2-5-12(24)6-3-11)16(9-13)31-22-21(29)20(28)19(27)17(10-23)32-22/h2-9,17,19-24,26-29H,10H2,1H3/b7-4+/t17-,19-,20+,21-,22-/m1/s1. The average molecular weight is 448 g/mol. The van der Waals surface area contributed by atoms with Crippen molar-refractivity contribution in [3.63, 3.8) is 0 Å². The summed E-state index contributed by atoms with van der Waals surface area (Å²) >= 11 is 0.